The maximum absolute atomic E-state index is 13.2. The minimum atomic E-state index is -0.430. The van der Waals surface area contributed by atoms with Gasteiger partial charge in [-0.25, -0.2) is 0 Å². The van der Waals surface area contributed by atoms with Crippen molar-refractivity contribution in [3.8, 4) is 0 Å². The highest BCUT2D eigenvalue weighted by Gasteiger charge is 2.38. The molecule has 3 atom stereocenters. The van der Waals surface area contributed by atoms with Crippen LogP contribution < -0.4 is 0 Å². The molecular weight excluding hydrogens is 402 g/mol. The van der Waals surface area contributed by atoms with Crippen molar-refractivity contribution in [2.45, 2.75) is 115 Å². The summed E-state index contributed by atoms with van der Waals surface area (Å²) in [6.07, 6.45) is 18.7. The van der Waals surface area contributed by atoms with E-state index < -0.39 is 11.9 Å². The van der Waals surface area contributed by atoms with Crippen molar-refractivity contribution in [2.75, 3.05) is 6.54 Å². The van der Waals surface area contributed by atoms with Crippen LogP contribution in [0.25, 0.3) is 0 Å². The second kappa shape index (κ2) is 13.1. The summed E-state index contributed by atoms with van der Waals surface area (Å²) in [5.74, 6) is 0.0572. The Balaban J connectivity index is 1.66. The second-order valence-electron chi connectivity index (χ2n) is 10.1. The highest BCUT2D eigenvalue weighted by Crippen LogP contribution is 2.34. The molecule has 1 aliphatic carbocycles. The molecule has 3 unspecified atom stereocenters. The van der Waals surface area contributed by atoms with Gasteiger partial charge in [-0.1, -0.05) is 44.3 Å². The number of hydrogen-bond donors (Lipinski definition) is 0. The summed E-state index contributed by atoms with van der Waals surface area (Å²) in [4.78, 5) is 52.8. The Morgan fingerprint density at radius 1 is 0.719 bits per heavy atom. The minimum Gasteiger partial charge on any atom is -0.326 e. The third-order valence-corrected chi connectivity index (χ3v) is 7.62. The summed E-state index contributed by atoms with van der Waals surface area (Å²) in [5.41, 5.74) is 0. The van der Waals surface area contributed by atoms with Crippen LogP contribution in [0, 0.1) is 11.8 Å². The standard InChI is InChI=1S/C27H41NO4/c29-23-15-6-3-1-2-5-12-21-13-11-14-22(20-21)26(31)27(32)28-19-10-9-17-24(28)25(30)18-8-4-7-16-23/h3,6,21-22,24H,1-2,4-5,7-20H2. The van der Waals surface area contributed by atoms with Crippen LogP contribution in [0.2, 0.25) is 0 Å². The van der Waals surface area contributed by atoms with E-state index in [-0.39, 0.29) is 23.3 Å². The van der Waals surface area contributed by atoms with E-state index in [2.05, 4.69) is 6.08 Å². The number of hydrogen-bond acceptors (Lipinski definition) is 4. The van der Waals surface area contributed by atoms with E-state index in [0.717, 1.165) is 83.5 Å². The first-order chi connectivity index (χ1) is 15.6. The molecule has 1 saturated heterocycles. The lowest BCUT2D eigenvalue weighted by molar-refractivity contribution is -0.152. The average molecular weight is 444 g/mol. The van der Waals surface area contributed by atoms with Crippen LogP contribution in [0.3, 0.4) is 0 Å². The van der Waals surface area contributed by atoms with Crippen molar-refractivity contribution < 1.29 is 19.2 Å². The molecular formula is C27H41NO4. The molecule has 0 radical (unpaired) electrons. The molecule has 1 amide bonds. The Morgan fingerprint density at radius 2 is 1.50 bits per heavy atom. The van der Waals surface area contributed by atoms with Crippen molar-refractivity contribution in [2.24, 2.45) is 11.8 Å². The van der Waals surface area contributed by atoms with Crippen LogP contribution in [0.1, 0.15) is 109 Å². The molecule has 2 heterocycles. The largest absolute Gasteiger partial charge is 0.326 e. The fourth-order valence-corrected chi connectivity index (χ4v) is 5.71. The van der Waals surface area contributed by atoms with Gasteiger partial charge in [0.1, 0.15) is 5.78 Å². The zero-order chi connectivity index (χ0) is 22.8. The zero-order valence-corrected chi connectivity index (χ0v) is 19.7. The number of allylic oxidation sites excluding steroid dienone is 2. The molecule has 2 bridgehead atoms. The number of carbonyl (C=O) groups excluding carboxylic acids is 4. The van der Waals surface area contributed by atoms with Crippen molar-refractivity contribution in [1.82, 2.24) is 4.90 Å². The quantitative estimate of drug-likeness (QED) is 0.374. The molecule has 178 valence electrons. The van der Waals surface area contributed by atoms with E-state index in [1.165, 1.54) is 0 Å². The van der Waals surface area contributed by atoms with Crippen LogP contribution in [-0.4, -0.2) is 40.7 Å². The summed E-state index contributed by atoms with van der Waals surface area (Å²) < 4.78 is 0. The number of fused-ring (bicyclic) bond motifs is 3. The molecule has 5 heteroatoms. The predicted octanol–water partition coefficient (Wildman–Crippen LogP) is 5.35. The summed E-state index contributed by atoms with van der Waals surface area (Å²) in [6.45, 7) is 0.526. The van der Waals surface area contributed by atoms with Crippen molar-refractivity contribution in [3.05, 3.63) is 12.2 Å². The Hall–Kier alpha value is -1.78. The highest BCUT2D eigenvalue weighted by atomic mass is 16.2. The van der Waals surface area contributed by atoms with Gasteiger partial charge in [-0.2, -0.15) is 0 Å². The number of carbonyl (C=O) groups is 4. The summed E-state index contributed by atoms with van der Waals surface area (Å²) in [6, 6.07) is -0.430. The number of amides is 1. The lowest BCUT2D eigenvalue weighted by Crippen LogP contribution is -2.51. The van der Waals surface area contributed by atoms with Crippen LogP contribution in [0.15, 0.2) is 12.2 Å². The van der Waals surface area contributed by atoms with Gasteiger partial charge in [0.05, 0.1) is 6.04 Å². The molecule has 32 heavy (non-hydrogen) atoms. The van der Waals surface area contributed by atoms with Crippen LogP contribution >= 0.6 is 0 Å². The normalized spacial score (nSPS) is 30.5. The van der Waals surface area contributed by atoms with Gasteiger partial charge in [0, 0.05) is 31.7 Å². The first kappa shape index (κ1) is 24.9. The molecule has 3 aliphatic rings. The van der Waals surface area contributed by atoms with E-state index >= 15 is 0 Å². The van der Waals surface area contributed by atoms with Crippen LogP contribution in [0.4, 0.5) is 0 Å². The Kier molecular flexibility index (Phi) is 10.1. The van der Waals surface area contributed by atoms with Gasteiger partial charge in [-0.15, -0.1) is 0 Å². The Labute approximate surface area is 193 Å². The van der Waals surface area contributed by atoms with Gasteiger partial charge in [0.2, 0.25) is 5.78 Å². The number of rotatable bonds is 0. The molecule has 0 spiro atoms. The smallest absolute Gasteiger partial charge is 0.290 e. The lowest BCUT2D eigenvalue weighted by atomic mass is 9.77. The molecule has 3 rings (SSSR count). The first-order valence-electron chi connectivity index (χ1n) is 13.1. The van der Waals surface area contributed by atoms with Gasteiger partial charge in [0.25, 0.3) is 5.91 Å². The van der Waals surface area contributed by atoms with Gasteiger partial charge < -0.3 is 4.90 Å². The lowest BCUT2D eigenvalue weighted by Gasteiger charge is -2.36. The monoisotopic (exact) mass is 443 g/mol. The molecule has 0 aromatic rings. The minimum absolute atomic E-state index is 0.0903. The number of nitrogens with zero attached hydrogens (tertiary/aromatic N) is 1. The second-order valence-corrected chi connectivity index (χ2v) is 10.1. The van der Waals surface area contributed by atoms with E-state index in [9.17, 15) is 19.2 Å². The average Bonchev–Trinajstić information content (AvgIpc) is 2.81. The third-order valence-electron chi connectivity index (χ3n) is 7.62. The van der Waals surface area contributed by atoms with E-state index in [4.69, 9.17) is 0 Å². The van der Waals surface area contributed by atoms with Crippen molar-refractivity contribution in [3.63, 3.8) is 0 Å². The maximum Gasteiger partial charge on any atom is 0.290 e. The number of piperidine rings is 1. The van der Waals surface area contributed by atoms with Crippen molar-refractivity contribution in [1.29, 1.82) is 0 Å². The zero-order valence-electron chi connectivity index (χ0n) is 19.7. The predicted molar refractivity (Wildman–Crippen MR) is 125 cm³/mol. The molecule has 5 nitrogen and oxygen atoms in total. The highest BCUT2D eigenvalue weighted by molar-refractivity contribution is 6.37. The third kappa shape index (κ3) is 7.38. The molecule has 1 saturated carbocycles. The van der Waals surface area contributed by atoms with E-state index in [1.54, 1.807) is 4.90 Å². The fourth-order valence-electron chi connectivity index (χ4n) is 5.71. The van der Waals surface area contributed by atoms with Gasteiger partial charge >= 0.3 is 0 Å². The van der Waals surface area contributed by atoms with Crippen molar-refractivity contribution >= 4 is 23.3 Å². The summed E-state index contributed by atoms with van der Waals surface area (Å²) in [7, 11) is 0. The Bertz CT molecular complexity index is 698. The van der Waals surface area contributed by atoms with E-state index in [0.29, 0.717) is 38.1 Å². The molecule has 0 N–H and O–H groups in total. The molecule has 0 aromatic heterocycles. The molecule has 0 aromatic carbocycles. The molecule has 2 aliphatic heterocycles. The molecule has 2 fully saturated rings. The number of Topliss-reactive ketones (excluding diaryl/α,β-unsaturated/α-hetero) is 3. The fraction of sp³-hybridized carbons (Fsp3) is 0.778. The SMILES string of the molecule is O=C1CC=CCCCCC2CCCC(C2)C(=O)C(=O)N2CCCCC2C(=O)CCCCC1. The first-order valence-corrected chi connectivity index (χ1v) is 13.1. The number of ketones is 3. The Morgan fingerprint density at radius 3 is 2.38 bits per heavy atom. The van der Waals surface area contributed by atoms with Gasteiger partial charge in [-0.3, -0.25) is 19.2 Å². The van der Waals surface area contributed by atoms with Crippen LogP contribution in [0.5, 0.6) is 0 Å². The maximum atomic E-state index is 13.2. The van der Waals surface area contributed by atoms with Gasteiger partial charge in [-0.05, 0) is 63.7 Å². The topological polar surface area (TPSA) is 71.5 Å². The van der Waals surface area contributed by atoms with Gasteiger partial charge in [0.15, 0.2) is 5.78 Å². The summed E-state index contributed by atoms with van der Waals surface area (Å²) >= 11 is 0. The summed E-state index contributed by atoms with van der Waals surface area (Å²) in [5, 5.41) is 0. The van der Waals surface area contributed by atoms with E-state index in [1.807, 2.05) is 6.08 Å². The van der Waals surface area contributed by atoms with Crippen LogP contribution in [-0.2, 0) is 19.2 Å².